The maximum atomic E-state index is 11.2. The van der Waals surface area contributed by atoms with Gasteiger partial charge in [-0.2, -0.15) is 0 Å². The molecule has 0 saturated heterocycles. The number of quaternary nitrogens is 1. The lowest BCUT2D eigenvalue weighted by molar-refractivity contribution is -0.907. The van der Waals surface area contributed by atoms with Crippen LogP contribution in [-0.4, -0.2) is 63.9 Å². The molecule has 0 radical (unpaired) electrons. The molecule has 0 bridgehead atoms. The summed E-state index contributed by atoms with van der Waals surface area (Å²) in [7, 11) is 0. The third-order valence-electron chi connectivity index (χ3n) is 6.40. The Morgan fingerprint density at radius 1 is 0.455 bits per heavy atom. The summed E-state index contributed by atoms with van der Waals surface area (Å²) in [6.07, 6.45) is 22.5. The van der Waals surface area contributed by atoms with Gasteiger partial charge in [0, 0.05) is 0 Å². The van der Waals surface area contributed by atoms with E-state index in [1.165, 1.54) is 89.9 Å². The largest absolute Gasteiger partial charge is 0.477 e. The highest BCUT2D eigenvalue weighted by atomic mass is 16.4. The number of unbranched alkanes of at least 4 members (excludes halogenated alkanes) is 17. The summed E-state index contributed by atoms with van der Waals surface area (Å²) in [6.45, 7) is 1.10. The zero-order valence-electron chi connectivity index (χ0n) is 21.1. The molecule has 0 aromatic heterocycles. The first-order valence-electron chi connectivity index (χ1n) is 13.3. The second-order valence-corrected chi connectivity index (χ2v) is 9.73. The molecule has 0 rings (SSSR count). The van der Waals surface area contributed by atoms with Gasteiger partial charge in [-0.05, 0) is 12.8 Å². The minimum absolute atomic E-state index is 0.268. The molecule has 33 heavy (non-hydrogen) atoms. The van der Waals surface area contributed by atoms with Crippen molar-refractivity contribution >= 4 is 17.9 Å². The summed E-state index contributed by atoms with van der Waals surface area (Å²) < 4.78 is -0.432. The van der Waals surface area contributed by atoms with Gasteiger partial charge in [0.25, 0.3) is 0 Å². The van der Waals surface area contributed by atoms with Crippen LogP contribution in [0.25, 0.3) is 0 Å². The number of carboxylic acid groups (broad SMARTS) is 3. The molecule has 0 atom stereocenters. The maximum Gasteiger partial charge on any atom is 0.359 e. The number of hydrogen-bond acceptors (Lipinski definition) is 3. The molecule has 0 spiro atoms. The molecule has 0 aliphatic heterocycles. The number of hydrogen-bond donors (Lipinski definition) is 3. The molecule has 0 aromatic rings. The van der Waals surface area contributed by atoms with Crippen LogP contribution in [0.2, 0.25) is 0 Å². The Balaban J connectivity index is 3.73. The van der Waals surface area contributed by atoms with Crippen LogP contribution in [0, 0.1) is 0 Å². The van der Waals surface area contributed by atoms with E-state index in [0.29, 0.717) is 6.42 Å². The van der Waals surface area contributed by atoms with E-state index < -0.39 is 42.0 Å². The van der Waals surface area contributed by atoms with E-state index in [4.69, 9.17) is 15.3 Å². The molecule has 0 aliphatic rings. The van der Waals surface area contributed by atoms with Gasteiger partial charge < -0.3 is 15.3 Å². The van der Waals surface area contributed by atoms with Crippen molar-refractivity contribution in [3.63, 3.8) is 0 Å². The summed E-state index contributed by atoms with van der Waals surface area (Å²) in [4.78, 5) is 33.5. The molecular formula is C26H50NO6+. The lowest BCUT2D eigenvalue weighted by Gasteiger charge is -2.34. The quantitative estimate of drug-likeness (QED) is 0.109. The predicted octanol–water partition coefficient (Wildman–Crippen LogP) is 6.10. The van der Waals surface area contributed by atoms with E-state index >= 15 is 0 Å². The third-order valence-corrected chi connectivity index (χ3v) is 6.40. The fourth-order valence-electron chi connectivity index (χ4n) is 4.61. The van der Waals surface area contributed by atoms with Crippen molar-refractivity contribution in [3.05, 3.63) is 0 Å². The van der Waals surface area contributed by atoms with Crippen LogP contribution < -0.4 is 0 Å². The zero-order valence-corrected chi connectivity index (χ0v) is 21.1. The van der Waals surface area contributed by atoms with Gasteiger partial charge in [-0.3, -0.25) is 4.48 Å². The number of rotatable bonds is 25. The summed E-state index contributed by atoms with van der Waals surface area (Å²) in [5, 5.41) is 27.4. The Kier molecular flexibility index (Phi) is 19.9. The molecule has 0 fully saturated rings. The van der Waals surface area contributed by atoms with Crippen LogP contribution in [0.5, 0.6) is 0 Å². The van der Waals surface area contributed by atoms with E-state index in [-0.39, 0.29) is 6.54 Å². The number of nitrogens with zero attached hydrogens (tertiary/aromatic N) is 1. The van der Waals surface area contributed by atoms with Gasteiger partial charge in [-0.15, -0.1) is 0 Å². The molecule has 0 heterocycles. The summed E-state index contributed by atoms with van der Waals surface area (Å²) in [6, 6.07) is 0. The van der Waals surface area contributed by atoms with Crippen molar-refractivity contribution < 1.29 is 34.2 Å². The van der Waals surface area contributed by atoms with Crippen molar-refractivity contribution in [2.24, 2.45) is 0 Å². The first kappa shape index (κ1) is 31.4. The topological polar surface area (TPSA) is 112 Å². The molecule has 0 saturated carbocycles. The molecular weight excluding hydrogens is 422 g/mol. The van der Waals surface area contributed by atoms with Crippen molar-refractivity contribution in [2.45, 2.75) is 122 Å². The highest BCUT2D eigenvalue weighted by Crippen LogP contribution is 2.16. The van der Waals surface area contributed by atoms with E-state index in [0.717, 1.165) is 19.3 Å². The van der Waals surface area contributed by atoms with Gasteiger partial charge >= 0.3 is 17.9 Å². The molecule has 7 heteroatoms. The molecule has 194 valence electrons. The average molecular weight is 473 g/mol. The van der Waals surface area contributed by atoms with Crippen LogP contribution in [0.3, 0.4) is 0 Å². The molecule has 0 amide bonds. The van der Waals surface area contributed by atoms with Crippen LogP contribution in [0.15, 0.2) is 0 Å². The van der Waals surface area contributed by atoms with Crippen molar-refractivity contribution in [1.29, 1.82) is 0 Å². The Hall–Kier alpha value is -1.63. The summed E-state index contributed by atoms with van der Waals surface area (Å²) >= 11 is 0. The number of carbonyl (C=O) groups is 3. The van der Waals surface area contributed by atoms with Crippen molar-refractivity contribution in [1.82, 2.24) is 0 Å². The highest BCUT2D eigenvalue weighted by Gasteiger charge is 2.35. The Labute approximate surface area is 201 Å². The first-order valence-corrected chi connectivity index (χ1v) is 13.3. The lowest BCUT2D eigenvalue weighted by Crippen LogP contribution is -2.57. The second kappa shape index (κ2) is 20.9. The minimum atomic E-state index is -1.17. The van der Waals surface area contributed by atoms with Crippen LogP contribution in [0.4, 0.5) is 0 Å². The third kappa shape index (κ3) is 20.7. The molecule has 3 N–H and O–H groups in total. The van der Waals surface area contributed by atoms with E-state index in [1.54, 1.807) is 0 Å². The Morgan fingerprint density at radius 3 is 0.939 bits per heavy atom. The lowest BCUT2D eigenvalue weighted by atomic mass is 10.0. The normalized spacial score (nSPS) is 11.5. The van der Waals surface area contributed by atoms with Crippen LogP contribution in [-0.2, 0) is 14.4 Å². The SMILES string of the molecule is CCCCCCCCCCCCCCCCCCCC[N+](CC(=O)O)(CC(=O)O)CC(=O)O. The molecule has 0 aliphatic carbocycles. The second-order valence-electron chi connectivity index (χ2n) is 9.73. The molecule has 0 aromatic carbocycles. The van der Waals surface area contributed by atoms with Crippen LogP contribution in [0.1, 0.15) is 122 Å². The minimum Gasteiger partial charge on any atom is -0.477 e. The number of carboxylic acids is 3. The summed E-state index contributed by atoms with van der Waals surface area (Å²) in [5.41, 5.74) is 0. The first-order chi connectivity index (χ1) is 15.8. The standard InChI is InChI=1S/C26H49NO6/c1-2-3-4-5-6-7-8-9-10-11-12-13-14-15-16-17-18-19-20-27(21-24(28)29,22-25(30)31)23-26(32)33/h2-23H2,1H3,(H2-,28,29,30,31,32,33)/p+1. The van der Waals surface area contributed by atoms with E-state index in [2.05, 4.69) is 6.92 Å². The molecule has 7 nitrogen and oxygen atoms in total. The van der Waals surface area contributed by atoms with Gasteiger partial charge in [0.1, 0.15) is 0 Å². The van der Waals surface area contributed by atoms with Crippen LogP contribution >= 0.6 is 0 Å². The van der Waals surface area contributed by atoms with Crippen molar-refractivity contribution in [3.8, 4) is 0 Å². The van der Waals surface area contributed by atoms with Gasteiger partial charge in [-0.1, -0.05) is 110 Å². The smallest absolute Gasteiger partial charge is 0.359 e. The van der Waals surface area contributed by atoms with Crippen molar-refractivity contribution in [2.75, 3.05) is 26.2 Å². The Bertz CT molecular complexity index is 482. The summed E-state index contributed by atoms with van der Waals surface area (Å²) in [5.74, 6) is -3.50. The van der Waals surface area contributed by atoms with E-state index in [1.807, 2.05) is 0 Å². The predicted molar refractivity (Wildman–Crippen MR) is 131 cm³/mol. The van der Waals surface area contributed by atoms with Gasteiger partial charge in [0.2, 0.25) is 0 Å². The molecule has 0 unspecified atom stereocenters. The highest BCUT2D eigenvalue weighted by molar-refractivity contribution is 5.73. The maximum absolute atomic E-state index is 11.2. The van der Waals surface area contributed by atoms with Gasteiger partial charge in [-0.25, -0.2) is 14.4 Å². The fraction of sp³-hybridized carbons (Fsp3) is 0.885. The van der Waals surface area contributed by atoms with E-state index in [9.17, 15) is 14.4 Å². The Morgan fingerprint density at radius 2 is 0.697 bits per heavy atom. The zero-order chi connectivity index (χ0) is 24.8. The van der Waals surface area contributed by atoms with Gasteiger partial charge in [0.05, 0.1) is 6.54 Å². The average Bonchev–Trinajstić information content (AvgIpc) is 2.71. The fourth-order valence-corrected chi connectivity index (χ4v) is 4.61. The number of aliphatic carboxylic acids is 3. The monoisotopic (exact) mass is 472 g/mol. The van der Waals surface area contributed by atoms with Gasteiger partial charge in [0.15, 0.2) is 19.6 Å².